The Bertz CT molecular complexity index is 902. The predicted octanol–water partition coefficient (Wildman–Crippen LogP) is 5.58. The van der Waals surface area contributed by atoms with E-state index in [0.29, 0.717) is 6.54 Å². The predicted molar refractivity (Wildman–Crippen MR) is 144 cm³/mol. The summed E-state index contributed by atoms with van der Waals surface area (Å²) in [6.45, 7) is 15.9. The molecule has 2 N–H and O–H groups in total. The molecule has 0 radical (unpaired) electrons. The van der Waals surface area contributed by atoms with Crippen molar-refractivity contribution in [3.8, 4) is 0 Å². The minimum atomic E-state index is -0.803. The number of nitrogens with zero attached hydrogens (tertiary/aromatic N) is 1. The number of carbonyl (C=O) groups excluding carboxylic acids is 3. The Labute approximate surface area is 217 Å². The molecule has 1 aliphatic rings. The summed E-state index contributed by atoms with van der Waals surface area (Å²) in [5.74, 6) is -0.595. The first-order valence-corrected chi connectivity index (χ1v) is 13.5. The van der Waals surface area contributed by atoms with Gasteiger partial charge in [-0.2, -0.15) is 0 Å². The zero-order valence-corrected chi connectivity index (χ0v) is 23.6. The van der Waals surface area contributed by atoms with E-state index in [0.717, 1.165) is 55.2 Å². The molecule has 36 heavy (non-hydrogen) atoms. The van der Waals surface area contributed by atoms with Crippen molar-refractivity contribution < 1.29 is 19.1 Å². The number of aryl methyl sites for hydroxylation is 2. The van der Waals surface area contributed by atoms with Gasteiger partial charge in [0.2, 0.25) is 11.8 Å². The van der Waals surface area contributed by atoms with Crippen LogP contribution in [-0.4, -0.2) is 47.0 Å². The number of nitrogens with one attached hydrogen (secondary N) is 2. The second-order valence-corrected chi connectivity index (χ2v) is 11.4. The summed E-state index contributed by atoms with van der Waals surface area (Å²) in [6, 6.07) is 4.35. The van der Waals surface area contributed by atoms with Gasteiger partial charge in [0.15, 0.2) is 0 Å². The van der Waals surface area contributed by atoms with Crippen molar-refractivity contribution in [3.05, 3.63) is 34.9 Å². The Morgan fingerprint density at radius 2 is 1.75 bits per heavy atom. The van der Waals surface area contributed by atoms with Gasteiger partial charge in [0, 0.05) is 12.6 Å². The van der Waals surface area contributed by atoms with Crippen molar-refractivity contribution in [1.29, 1.82) is 0 Å². The Balaban J connectivity index is 2.45. The Morgan fingerprint density at radius 3 is 2.25 bits per heavy atom. The van der Waals surface area contributed by atoms with E-state index in [1.54, 1.807) is 25.7 Å². The number of carbonyl (C=O) groups is 3. The summed E-state index contributed by atoms with van der Waals surface area (Å²) < 4.78 is 5.45. The molecule has 0 heterocycles. The molecule has 7 heteroatoms. The molecular weight excluding hydrogens is 454 g/mol. The molecule has 1 saturated carbocycles. The highest BCUT2D eigenvalue weighted by molar-refractivity contribution is 5.92. The number of hydrogen-bond acceptors (Lipinski definition) is 4. The quantitative estimate of drug-likeness (QED) is 0.387. The smallest absolute Gasteiger partial charge is 0.408 e. The highest BCUT2D eigenvalue weighted by atomic mass is 16.6. The summed E-state index contributed by atoms with van der Waals surface area (Å²) in [7, 11) is 0. The molecule has 1 aromatic rings. The van der Waals surface area contributed by atoms with Gasteiger partial charge in [-0.05, 0) is 82.9 Å². The largest absolute Gasteiger partial charge is 0.444 e. The van der Waals surface area contributed by atoms with E-state index < -0.39 is 23.8 Å². The number of unbranched alkanes of at least 4 members (excludes halogenated alkanes) is 2. The molecule has 202 valence electrons. The van der Waals surface area contributed by atoms with Crippen LogP contribution in [-0.2, 0) is 14.3 Å². The first kappa shape index (κ1) is 29.7. The van der Waals surface area contributed by atoms with Gasteiger partial charge in [0.1, 0.15) is 17.7 Å². The van der Waals surface area contributed by atoms with Gasteiger partial charge in [-0.25, -0.2) is 4.79 Å². The van der Waals surface area contributed by atoms with Crippen LogP contribution >= 0.6 is 0 Å². The fraction of sp³-hybridized carbons (Fsp3) is 0.690. The molecule has 0 spiro atoms. The van der Waals surface area contributed by atoms with Crippen molar-refractivity contribution in [2.45, 2.75) is 118 Å². The topological polar surface area (TPSA) is 87.7 Å². The lowest BCUT2D eigenvalue weighted by atomic mass is 9.87. The van der Waals surface area contributed by atoms with Gasteiger partial charge in [-0.1, -0.05) is 51.8 Å². The molecule has 2 rings (SSSR count). The maximum Gasteiger partial charge on any atom is 0.408 e. The van der Waals surface area contributed by atoms with Crippen LogP contribution in [0.25, 0.3) is 0 Å². The molecular formula is C29H47N3O4. The second kappa shape index (κ2) is 13.1. The van der Waals surface area contributed by atoms with E-state index in [1.807, 2.05) is 45.9 Å². The van der Waals surface area contributed by atoms with E-state index in [9.17, 15) is 14.4 Å². The second-order valence-electron chi connectivity index (χ2n) is 11.4. The number of amides is 3. The zero-order valence-electron chi connectivity index (χ0n) is 23.6. The normalized spacial score (nSPS) is 15.6. The molecule has 0 bridgehead atoms. The van der Waals surface area contributed by atoms with E-state index in [4.69, 9.17) is 4.74 Å². The Morgan fingerprint density at radius 1 is 1.08 bits per heavy atom. The van der Waals surface area contributed by atoms with Crippen molar-refractivity contribution in [2.75, 3.05) is 6.54 Å². The zero-order chi connectivity index (χ0) is 27.0. The average molecular weight is 502 g/mol. The summed E-state index contributed by atoms with van der Waals surface area (Å²) in [4.78, 5) is 42.2. The molecule has 1 aliphatic carbocycles. The fourth-order valence-corrected chi connectivity index (χ4v) is 4.35. The summed E-state index contributed by atoms with van der Waals surface area (Å²) >= 11 is 0. The third-order valence-electron chi connectivity index (χ3n) is 6.78. The van der Waals surface area contributed by atoms with Crippen molar-refractivity contribution in [2.24, 2.45) is 5.92 Å². The van der Waals surface area contributed by atoms with Crippen molar-refractivity contribution >= 4 is 17.9 Å². The van der Waals surface area contributed by atoms with Crippen LogP contribution in [0.5, 0.6) is 0 Å². The van der Waals surface area contributed by atoms with Crippen LogP contribution in [0, 0.1) is 19.8 Å². The molecule has 2 unspecified atom stereocenters. The lowest BCUT2D eigenvalue weighted by Gasteiger charge is -2.44. The van der Waals surface area contributed by atoms with Crippen LogP contribution in [0.3, 0.4) is 0 Å². The van der Waals surface area contributed by atoms with E-state index in [1.165, 1.54) is 0 Å². The van der Waals surface area contributed by atoms with Gasteiger partial charge in [-0.3, -0.25) is 9.59 Å². The summed E-state index contributed by atoms with van der Waals surface area (Å²) in [5.41, 5.74) is 2.33. The van der Waals surface area contributed by atoms with Crippen LogP contribution in [0.15, 0.2) is 18.2 Å². The van der Waals surface area contributed by atoms with Gasteiger partial charge in [0.25, 0.3) is 0 Å². The van der Waals surface area contributed by atoms with E-state index >= 15 is 0 Å². The number of alkyl carbamates (subject to hydrolysis) is 1. The van der Waals surface area contributed by atoms with E-state index in [-0.39, 0.29) is 23.8 Å². The third-order valence-corrected chi connectivity index (χ3v) is 6.78. The lowest BCUT2D eigenvalue weighted by Crippen LogP contribution is -2.58. The van der Waals surface area contributed by atoms with Crippen LogP contribution < -0.4 is 10.6 Å². The lowest BCUT2D eigenvalue weighted by molar-refractivity contribution is -0.148. The maximum absolute atomic E-state index is 14.1. The third kappa shape index (κ3) is 8.24. The fourth-order valence-electron chi connectivity index (χ4n) is 4.35. The number of rotatable bonds is 11. The molecule has 0 saturated heterocycles. The van der Waals surface area contributed by atoms with Crippen molar-refractivity contribution in [1.82, 2.24) is 15.5 Å². The minimum Gasteiger partial charge on any atom is -0.444 e. The first-order chi connectivity index (χ1) is 16.9. The van der Waals surface area contributed by atoms with Crippen molar-refractivity contribution in [3.63, 3.8) is 0 Å². The average Bonchev–Trinajstić information content (AvgIpc) is 2.74. The molecule has 0 aliphatic heterocycles. The highest BCUT2D eigenvalue weighted by Gasteiger charge is 2.42. The molecule has 1 aromatic carbocycles. The summed E-state index contributed by atoms with van der Waals surface area (Å²) in [5, 5.41) is 5.88. The minimum absolute atomic E-state index is 0.0489. The molecule has 2 atom stereocenters. The number of benzene rings is 1. The molecule has 1 fully saturated rings. The van der Waals surface area contributed by atoms with E-state index in [2.05, 4.69) is 17.6 Å². The molecule has 3 amide bonds. The Kier molecular flexibility index (Phi) is 10.8. The van der Waals surface area contributed by atoms with Gasteiger partial charge in [0.05, 0.1) is 0 Å². The standard InChI is InChI=1S/C29H47N3O4/c1-9-10-11-17-30-26(33)25(22-16-15-20(4)21(5)18-22)32(23-13-12-14-23)27(34)24(19(2)3)31-28(35)36-29(6,7)8/h15-16,18-19,23-25H,9-14,17H2,1-8H3,(H,30,33)(H,31,35). The maximum atomic E-state index is 14.1. The number of hydrogen-bond donors (Lipinski definition) is 2. The number of ether oxygens (including phenoxy) is 1. The van der Waals surface area contributed by atoms with Gasteiger partial charge < -0.3 is 20.3 Å². The van der Waals surface area contributed by atoms with Gasteiger partial charge in [-0.15, -0.1) is 0 Å². The molecule has 7 nitrogen and oxygen atoms in total. The Hall–Kier alpha value is -2.57. The summed E-state index contributed by atoms with van der Waals surface area (Å²) in [6.07, 6.45) is 5.06. The van der Waals surface area contributed by atoms with Crippen LogP contribution in [0.2, 0.25) is 0 Å². The van der Waals surface area contributed by atoms with Gasteiger partial charge >= 0.3 is 6.09 Å². The first-order valence-electron chi connectivity index (χ1n) is 13.5. The van der Waals surface area contributed by atoms with Crippen LogP contribution in [0.1, 0.15) is 103 Å². The SMILES string of the molecule is CCCCCNC(=O)C(c1ccc(C)c(C)c1)N(C(=O)C(NC(=O)OC(C)(C)C)C(C)C)C1CCC1. The molecule has 0 aromatic heterocycles. The van der Waals surface area contributed by atoms with Crippen LogP contribution in [0.4, 0.5) is 4.79 Å². The monoisotopic (exact) mass is 501 g/mol. The highest BCUT2D eigenvalue weighted by Crippen LogP contribution is 2.35.